The third kappa shape index (κ3) is 1.84. The van der Waals surface area contributed by atoms with Gasteiger partial charge in [-0.15, -0.1) is 0 Å². The van der Waals surface area contributed by atoms with Crippen molar-refractivity contribution in [2.24, 2.45) is 0 Å². The molecule has 0 radical (unpaired) electrons. The zero-order valence-electron chi connectivity index (χ0n) is 9.87. The van der Waals surface area contributed by atoms with Crippen LogP contribution in [0.25, 0.3) is 0 Å². The monoisotopic (exact) mass is 235 g/mol. The van der Waals surface area contributed by atoms with Crippen LogP contribution in [0.1, 0.15) is 24.2 Å². The van der Waals surface area contributed by atoms with Gasteiger partial charge < -0.3 is 14.8 Å². The molecule has 2 rings (SSSR count). The molecule has 1 aliphatic rings. The van der Waals surface area contributed by atoms with Gasteiger partial charge in [0, 0.05) is 0 Å². The van der Waals surface area contributed by atoms with Gasteiger partial charge in [0.05, 0.1) is 12.8 Å². The molecular weight excluding hydrogens is 222 g/mol. The molecule has 5 nitrogen and oxygen atoms in total. The number of rotatable bonds is 1. The van der Waals surface area contributed by atoms with Gasteiger partial charge in [-0.1, -0.05) is 6.07 Å². The van der Waals surface area contributed by atoms with Crippen LogP contribution in [0.5, 0.6) is 5.75 Å². The summed E-state index contributed by atoms with van der Waals surface area (Å²) in [6, 6.07) is 5.00. The van der Waals surface area contributed by atoms with Crippen LogP contribution in [0.2, 0.25) is 0 Å². The Morgan fingerprint density at radius 3 is 2.76 bits per heavy atom. The number of methoxy groups -OCH3 is 1. The van der Waals surface area contributed by atoms with Crippen LogP contribution in [0.3, 0.4) is 0 Å². The molecule has 0 saturated carbocycles. The highest BCUT2D eigenvalue weighted by Gasteiger charge is 2.37. The van der Waals surface area contributed by atoms with E-state index in [1.807, 2.05) is 0 Å². The molecular formula is C12H13NO4. The van der Waals surface area contributed by atoms with Gasteiger partial charge in [0.2, 0.25) is 0 Å². The molecule has 0 bridgehead atoms. The zero-order valence-corrected chi connectivity index (χ0v) is 9.87. The van der Waals surface area contributed by atoms with E-state index in [-0.39, 0.29) is 11.3 Å². The molecule has 0 aliphatic carbocycles. The molecule has 1 aromatic rings. The van der Waals surface area contributed by atoms with Gasteiger partial charge in [0.25, 0.3) is 0 Å². The van der Waals surface area contributed by atoms with Gasteiger partial charge in [-0.2, -0.15) is 0 Å². The van der Waals surface area contributed by atoms with E-state index in [4.69, 9.17) is 4.74 Å². The number of ether oxygens (including phenoxy) is 2. The fraction of sp³-hybridized carbons (Fsp3) is 0.333. The molecule has 0 spiro atoms. The van der Waals surface area contributed by atoms with Crippen molar-refractivity contribution < 1.29 is 19.1 Å². The lowest BCUT2D eigenvalue weighted by atomic mass is 10.0. The Morgan fingerprint density at radius 1 is 1.41 bits per heavy atom. The van der Waals surface area contributed by atoms with E-state index in [1.165, 1.54) is 7.11 Å². The van der Waals surface area contributed by atoms with Crippen LogP contribution >= 0.6 is 0 Å². The number of hydrogen-bond donors (Lipinski definition) is 1. The summed E-state index contributed by atoms with van der Waals surface area (Å²) in [6.45, 7) is 3.42. The second-order valence-electron chi connectivity index (χ2n) is 4.31. The molecule has 1 heterocycles. The van der Waals surface area contributed by atoms with Crippen molar-refractivity contribution in [3.8, 4) is 5.75 Å². The normalized spacial score (nSPS) is 16.5. The summed E-state index contributed by atoms with van der Waals surface area (Å²) in [5, 5.41) is 3.02. The topological polar surface area (TPSA) is 64.6 Å². The quantitative estimate of drug-likeness (QED) is 0.591. The Hall–Kier alpha value is -2.04. The maximum Gasteiger partial charge on any atom is 0.341 e. The molecule has 5 heteroatoms. The first-order chi connectivity index (χ1) is 7.95. The minimum Gasteiger partial charge on any atom is -0.465 e. The number of carbonyl (C=O) groups excluding carboxylic acids is 2. The molecule has 1 aromatic carbocycles. The molecule has 1 N–H and O–H groups in total. The summed E-state index contributed by atoms with van der Waals surface area (Å²) in [5.41, 5.74) is 0.0423. The highest BCUT2D eigenvalue weighted by atomic mass is 16.5. The van der Waals surface area contributed by atoms with Gasteiger partial charge in [-0.05, 0) is 26.0 Å². The molecule has 0 amide bonds. The van der Waals surface area contributed by atoms with Crippen LogP contribution in [0.4, 0.5) is 5.69 Å². The first-order valence-corrected chi connectivity index (χ1v) is 5.17. The average molecular weight is 235 g/mol. The van der Waals surface area contributed by atoms with Gasteiger partial charge >= 0.3 is 11.9 Å². The van der Waals surface area contributed by atoms with E-state index in [0.717, 1.165) is 0 Å². The summed E-state index contributed by atoms with van der Waals surface area (Å²) >= 11 is 0. The second kappa shape index (κ2) is 3.76. The summed E-state index contributed by atoms with van der Waals surface area (Å²) in [7, 11) is 1.28. The fourth-order valence-electron chi connectivity index (χ4n) is 1.62. The number of benzene rings is 1. The van der Waals surface area contributed by atoms with Crippen molar-refractivity contribution in [2.45, 2.75) is 19.4 Å². The molecule has 17 heavy (non-hydrogen) atoms. The number of hydrogen-bond acceptors (Lipinski definition) is 5. The number of fused-ring (bicyclic) bond motifs is 1. The number of para-hydroxylation sites is 1. The minimum absolute atomic E-state index is 0.226. The number of nitrogens with one attached hydrogen (secondary N) is 1. The Morgan fingerprint density at radius 2 is 2.12 bits per heavy atom. The Kier molecular flexibility index (Phi) is 2.53. The average Bonchev–Trinajstić information content (AvgIpc) is 2.28. The lowest BCUT2D eigenvalue weighted by Gasteiger charge is -2.31. The number of carbonyl (C=O) groups is 2. The SMILES string of the molecule is COC(=O)c1cccc2c1OC(=O)C(C)(C)N2. The molecule has 0 atom stereocenters. The predicted octanol–water partition coefficient (Wildman–Crippen LogP) is 1.58. The van der Waals surface area contributed by atoms with Crippen molar-refractivity contribution in [3.05, 3.63) is 23.8 Å². The van der Waals surface area contributed by atoms with Crippen molar-refractivity contribution in [1.82, 2.24) is 0 Å². The van der Waals surface area contributed by atoms with Crippen molar-refractivity contribution >= 4 is 17.6 Å². The Bertz CT molecular complexity index is 493. The summed E-state index contributed by atoms with van der Waals surface area (Å²) in [6.07, 6.45) is 0. The standard InChI is InChI=1S/C12H13NO4/c1-12(2)11(15)17-9-7(10(14)16-3)5-4-6-8(9)13-12/h4-6,13H,1-3H3. The van der Waals surface area contributed by atoms with Gasteiger partial charge in [0.15, 0.2) is 5.75 Å². The lowest BCUT2D eigenvalue weighted by molar-refractivity contribution is -0.139. The maximum absolute atomic E-state index is 11.7. The predicted molar refractivity (Wildman–Crippen MR) is 61.1 cm³/mol. The van der Waals surface area contributed by atoms with Crippen molar-refractivity contribution in [1.29, 1.82) is 0 Å². The molecule has 1 aliphatic heterocycles. The molecule has 0 aromatic heterocycles. The van der Waals surface area contributed by atoms with Crippen LogP contribution in [0, 0.1) is 0 Å². The van der Waals surface area contributed by atoms with E-state index >= 15 is 0 Å². The molecule has 0 saturated heterocycles. The van der Waals surface area contributed by atoms with E-state index < -0.39 is 17.5 Å². The van der Waals surface area contributed by atoms with Crippen LogP contribution < -0.4 is 10.1 Å². The smallest absolute Gasteiger partial charge is 0.341 e. The number of esters is 2. The zero-order chi connectivity index (χ0) is 12.6. The Labute approximate surface area is 98.7 Å². The highest BCUT2D eigenvalue weighted by Crippen LogP contribution is 2.36. The van der Waals surface area contributed by atoms with Crippen molar-refractivity contribution in [2.75, 3.05) is 12.4 Å². The first-order valence-electron chi connectivity index (χ1n) is 5.17. The van der Waals surface area contributed by atoms with E-state index in [0.29, 0.717) is 5.69 Å². The van der Waals surface area contributed by atoms with E-state index in [1.54, 1.807) is 32.0 Å². The van der Waals surface area contributed by atoms with E-state index in [2.05, 4.69) is 10.1 Å². The van der Waals surface area contributed by atoms with Crippen LogP contribution in [0.15, 0.2) is 18.2 Å². The summed E-state index contributed by atoms with van der Waals surface area (Å²) < 4.78 is 9.83. The molecule has 90 valence electrons. The fourth-order valence-corrected chi connectivity index (χ4v) is 1.62. The first kappa shape index (κ1) is 11.4. The third-order valence-electron chi connectivity index (χ3n) is 2.57. The lowest BCUT2D eigenvalue weighted by Crippen LogP contribution is -2.46. The minimum atomic E-state index is -0.804. The van der Waals surface area contributed by atoms with Gasteiger partial charge in [-0.3, -0.25) is 0 Å². The van der Waals surface area contributed by atoms with Gasteiger partial charge in [-0.25, -0.2) is 9.59 Å². The molecule has 0 fully saturated rings. The maximum atomic E-state index is 11.7. The second-order valence-corrected chi connectivity index (χ2v) is 4.31. The third-order valence-corrected chi connectivity index (χ3v) is 2.57. The number of anilines is 1. The molecule has 0 unspecified atom stereocenters. The van der Waals surface area contributed by atoms with Crippen molar-refractivity contribution in [3.63, 3.8) is 0 Å². The summed E-state index contributed by atoms with van der Waals surface area (Å²) in [5.74, 6) is -0.735. The van der Waals surface area contributed by atoms with Gasteiger partial charge in [0.1, 0.15) is 11.1 Å². The summed E-state index contributed by atoms with van der Waals surface area (Å²) in [4.78, 5) is 23.2. The van der Waals surface area contributed by atoms with Crippen LogP contribution in [-0.4, -0.2) is 24.6 Å². The van der Waals surface area contributed by atoms with Crippen LogP contribution in [-0.2, 0) is 9.53 Å². The largest absolute Gasteiger partial charge is 0.465 e. The van der Waals surface area contributed by atoms with E-state index in [9.17, 15) is 9.59 Å². The highest BCUT2D eigenvalue weighted by molar-refractivity contribution is 5.99. The Balaban J connectivity index is 2.51.